The van der Waals surface area contributed by atoms with Crippen LogP contribution in [0, 0.1) is 30.6 Å². The summed E-state index contributed by atoms with van der Waals surface area (Å²) in [6, 6.07) is 5.44. The number of aryl methyl sites for hydroxylation is 1. The van der Waals surface area contributed by atoms with Gasteiger partial charge in [-0.2, -0.15) is 0 Å². The fourth-order valence-electron chi connectivity index (χ4n) is 4.37. The predicted octanol–water partition coefficient (Wildman–Crippen LogP) is 1.75. The molecule has 1 N–H and O–H groups in total. The van der Waals surface area contributed by atoms with Crippen LogP contribution < -0.4 is 10.1 Å². The molecule has 3 amide bonds. The first kappa shape index (κ1) is 15.9. The summed E-state index contributed by atoms with van der Waals surface area (Å²) in [5, 5.41) is 2.75. The molecule has 6 heteroatoms. The number of carbonyl (C=O) groups excluding carboxylic acids is 3. The van der Waals surface area contributed by atoms with Crippen molar-refractivity contribution in [1.82, 2.24) is 4.90 Å². The summed E-state index contributed by atoms with van der Waals surface area (Å²) in [4.78, 5) is 38.8. The second-order valence-corrected chi connectivity index (χ2v) is 7.01. The first-order chi connectivity index (χ1) is 12.0. The number of benzene rings is 1. The standard InChI is InChI=1S/C19H20N2O4/c1-10-3-6-14(25-2)13(7-10)20-15(22)9-21-18(23)16-11-4-5-12(8-11)17(16)19(21)24/h3-7,11-12,16-17H,8-9H2,1-2H3,(H,20,22)/t11-,12-,16-,17+/m0/s1. The number of rotatable bonds is 4. The van der Waals surface area contributed by atoms with Crippen LogP contribution in [-0.4, -0.2) is 36.3 Å². The number of carbonyl (C=O) groups is 3. The second-order valence-electron chi connectivity index (χ2n) is 7.01. The van der Waals surface area contributed by atoms with Gasteiger partial charge in [0.1, 0.15) is 12.3 Å². The highest BCUT2D eigenvalue weighted by Gasteiger charge is 2.59. The van der Waals surface area contributed by atoms with E-state index in [1.165, 1.54) is 7.11 Å². The number of imide groups is 1. The predicted molar refractivity (Wildman–Crippen MR) is 90.8 cm³/mol. The normalized spacial score (nSPS) is 29.3. The van der Waals surface area contributed by atoms with Gasteiger partial charge in [-0.25, -0.2) is 0 Å². The highest BCUT2D eigenvalue weighted by atomic mass is 16.5. The van der Waals surface area contributed by atoms with Gasteiger partial charge >= 0.3 is 0 Å². The number of hydrogen-bond acceptors (Lipinski definition) is 4. The van der Waals surface area contributed by atoms with Crippen molar-refractivity contribution in [1.29, 1.82) is 0 Å². The number of ether oxygens (including phenoxy) is 1. The lowest BCUT2D eigenvalue weighted by Gasteiger charge is -2.17. The Balaban J connectivity index is 1.48. The molecule has 1 saturated carbocycles. The van der Waals surface area contributed by atoms with Crippen molar-refractivity contribution in [2.24, 2.45) is 23.7 Å². The Labute approximate surface area is 145 Å². The molecule has 1 aromatic rings. The van der Waals surface area contributed by atoms with Crippen molar-refractivity contribution in [2.75, 3.05) is 19.0 Å². The molecular formula is C19H20N2O4. The van der Waals surface area contributed by atoms with Gasteiger partial charge in [-0.3, -0.25) is 19.3 Å². The summed E-state index contributed by atoms with van der Waals surface area (Å²) in [5.41, 5.74) is 1.51. The van der Waals surface area contributed by atoms with Crippen LogP contribution in [0.2, 0.25) is 0 Å². The maximum Gasteiger partial charge on any atom is 0.244 e. The molecule has 0 unspecified atom stereocenters. The van der Waals surface area contributed by atoms with Crippen LogP contribution >= 0.6 is 0 Å². The zero-order valence-corrected chi connectivity index (χ0v) is 14.2. The largest absolute Gasteiger partial charge is 0.495 e. The Morgan fingerprint density at radius 1 is 1.20 bits per heavy atom. The maximum atomic E-state index is 12.6. The van der Waals surface area contributed by atoms with E-state index < -0.39 is 5.91 Å². The number of methoxy groups -OCH3 is 1. The van der Waals surface area contributed by atoms with Gasteiger partial charge in [0.15, 0.2) is 0 Å². The fraction of sp³-hybridized carbons (Fsp3) is 0.421. The lowest BCUT2D eigenvalue weighted by molar-refractivity contribution is -0.143. The summed E-state index contributed by atoms with van der Waals surface area (Å²) in [6.07, 6.45) is 4.96. The van der Waals surface area contributed by atoms with Gasteiger partial charge in [-0.1, -0.05) is 18.2 Å². The summed E-state index contributed by atoms with van der Waals surface area (Å²) in [6.45, 7) is 1.66. The van der Waals surface area contributed by atoms with E-state index in [0.29, 0.717) is 11.4 Å². The van der Waals surface area contributed by atoms with Gasteiger partial charge in [0.05, 0.1) is 24.6 Å². The molecule has 0 aromatic heterocycles. The van der Waals surface area contributed by atoms with E-state index in [4.69, 9.17) is 4.74 Å². The SMILES string of the molecule is COc1ccc(C)cc1NC(=O)CN1C(=O)[C@@H]2[C@H](C1=O)[C@H]1C=C[C@H]2C1. The molecule has 0 spiro atoms. The number of fused-ring (bicyclic) bond motifs is 5. The van der Waals surface area contributed by atoms with Crippen LogP contribution in [0.25, 0.3) is 0 Å². The van der Waals surface area contributed by atoms with E-state index in [1.54, 1.807) is 12.1 Å². The molecule has 130 valence electrons. The van der Waals surface area contributed by atoms with E-state index in [2.05, 4.69) is 5.32 Å². The second kappa shape index (κ2) is 5.72. The Kier molecular flexibility index (Phi) is 3.63. The minimum atomic E-state index is -0.397. The van der Waals surface area contributed by atoms with Crippen molar-refractivity contribution in [3.05, 3.63) is 35.9 Å². The van der Waals surface area contributed by atoms with Crippen molar-refractivity contribution in [3.63, 3.8) is 0 Å². The molecule has 3 aliphatic rings. The Hall–Kier alpha value is -2.63. The van der Waals surface area contributed by atoms with E-state index in [-0.39, 0.29) is 42.0 Å². The lowest BCUT2D eigenvalue weighted by Crippen LogP contribution is -2.39. The highest BCUT2D eigenvalue weighted by molar-refractivity contribution is 6.09. The molecule has 1 heterocycles. The average Bonchev–Trinajstić information content (AvgIpc) is 3.25. The number of amides is 3. The van der Waals surface area contributed by atoms with E-state index >= 15 is 0 Å². The third-order valence-corrected chi connectivity index (χ3v) is 5.49. The van der Waals surface area contributed by atoms with Gasteiger partial charge < -0.3 is 10.1 Å². The topological polar surface area (TPSA) is 75.7 Å². The van der Waals surface area contributed by atoms with Gasteiger partial charge in [-0.15, -0.1) is 0 Å². The number of nitrogens with one attached hydrogen (secondary N) is 1. The molecule has 2 aliphatic carbocycles. The molecule has 1 saturated heterocycles. The van der Waals surface area contributed by atoms with Crippen molar-refractivity contribution >= 4 is 23.4 Å². The lowest BCUT2D eigenvalue weighted by atomic mass is 9.85. The molecule has 25 heavy (non-hydrogen) atoms. The number of allylic oxidation sites excluding steroid dienone is 2. The molecule has 1 aliphatic heterocycles. The number of likely N-dealkylation sites (tertiary alicyclic amines) is 1. The molecule has 6 nitrogen and oxygen atoms in total. The van der Waals surface area contributed by atoms with Crippen LogP contribution in [0.15, 0.2) is 30.4 Å². The Bertz CT molecular complexity index is 771. The van der Waals surface area contributed by atoms with Crippen molar-refractivity contribution in [3.8, 4) is 5.75 Å². The molecule has 0 radical (unpaired) electrons. The van der Waals surface area contributed by atoms with Crippen molar-refractivity contribution < 1.29 is 19.1 Å². The molecule has 2 bridgehead atoms. The molecule has 4 rings (SSSR count). The third-order valence-electron chi connectivity index (χ3n) is 5.49. The number of hydrogen-bond donors (Lipinski definition) is 1. The number of nitrogens with zero attached hydrogens (tertiary/aromatic N) is 1. The van der Waals surface area contributed by atoms with Crippen molar-refractivity contribution in [2.45, 2.75) is 13.3 Å². The first-order valence-electron chi connectivity index (χ1n) is 8.47. The average molecular weight is 340 g/mol. The van der Waals surface area contributed by atoms with Gasteiger partial charge in [0.2, 0.25) is 17.7 Å². The Morgan fingerprint density at radius 2 is 1.84 bits per heavy atom. The summed E-state index contributed by atoms with van der Waals surface area (Å²) < 4.78 is 5.24. The Morgan fingerprint density at radius 3 is 2.44 bits per heavy atom. The smallest absolute Gasteiger partial charge is 0.244 e. The molecule has 1 aromatic carbocycles. The van der Waals surface area contributed by atoms with Gasteiger partial charge in [0, 0.05) is 0 Å². The third kappa shape index (κ3) is 2.44. The van der Waals surface area contributed by atoms with Crippen LogP contribution in [0.4, 0.5) is 5.69 Å². The first-order valence-corrected chi connectivity index (χ1v) is 8.47. The van der Waals surface area contributed by atoms with Gasteiger partial charge in [-0.05, 0) is 42.9 Å². The van der Waals surface area contributed by atoms with Crippen LogP contribution in [0.3, 0.4) is 0 Å². The highest BCUT2D eigenvalue weighted by Crippen LogP contribution is 2.52. The molecule has 2 fully saturated rings. The van der Waals surface area contributed by atoms with E-state index in [1.807, 2.05) is 25.1 Å². The van der Waals surface area contributed by atoms with E-state index in [9.17, 15) is 14.4 Å². The maximum absolute atomic E-state index is 12.6. The summed E-state index contributed by atoms with van der Waals surface area (Å²) in [5.74, 6) is -0.528. The van der Waals surface area contributed by atoms with E-state index in [0.717, 1.165) is 16.9 Å². The number of anilines is 1. The van der Waals surface area contributed by atoms with Crippen LogP contribution in [0.1, 0.15) is 12.0 Å². The zero-order chi connectivity index (χ0) is 17.7. The monoisotopic (exact) mass is 340 g/mol. The molecular weight excluding hydrogens is 320 g/mol. The molecule has 4 atom stereocenters. The zero-order valence-electron chi connectivity index (χ0n) is 14.2. The summed E-state index contributed by atoms with van der Waals surface area (Å²) >= 11 is 0. The summed E-state index contributed by atoms with van der Waals surface area (Å²) in [7, 11) is 1.53. The minimum Gasteiger partial charge on any atom is -0.495 e. The van der Waals surface area contributed by atoms with Crippen LogP contribution in [0.5, 0.6) is 5.75 Å². The van der Waals surface area contributed by atoms with Gasteiger partial charge in [0.25, 0.3) is 0 Å². The minimum absolute atomic E-state index is 0.149. The fourth-order valence-corrected chi connectivity index (χ4v) is 4.37. The van der Waals surface area contributed by atoms with Crippen LogP contribution in [-0.2, 0) is 14.4 Å². The quantitative estimate of drug-likeness (QED) is 0.669.